The van der Waals surface area contributed by atoms with Crippen LogP contribution >= 0.6 is 0 Å². The number of esters is 2. The van der Waals surface area contributed by atoms with Gasteiger partial charge in [0.1, 0.15) is 34.5 Å². The van der Waals surface area contributed by atoms with Crippen LogP contribution < -0.4 is 18.9 Å². The van der Waals surface area contributed by atoms with Gasteiger partial charge >= 0.3 is 11.9 Å². The van der Waals surface area contributed by atoms with Crippen LogP contribution in [0.1, 0.15) is 95.1 Å². The molecule has 4 aromatic rings. The zero-order valence-electron chi connectivity index (χ0n) is 31.0. The maximum absolute atomic E-state index is 11.5. The van der Waals surface area contributed by atoms with E-state index in [9.17, 15) is 9.59 Å². The minimum Gasteiger partial charge on any atom is -0.457 e. The third-order valence-electron chi connectivity index (χ3n) is 11.4. The molecule has 0 radical (unpaired) electrons. The molecule has 4 aromatic carbocycles. The number of rotatable bonds is 15. The average molecular weight is 713 g/mol. The second-order valence-electron chi connectivity index (χ2n) is 14.6. The lowest BCUT2D eigenvalue weighted by Gasteiger charge is -2.44. The van der Waals surface area contributed by atoms with Crippen molar-refractivity contribution in [3.05, 3.63) is 133 Å². The Kier molecular flexibility index (Phi) is 12.9. The van der Waals surface area contributed by atoms with E-state index >= 15 is 0 Å². The van der Waals surface area contributed by atoms with Crippen molar-refractivity contribution >= 4 is 11.9 Å². The van der Waals surface area contributed by atoms with Crippen LogP contribution in [0.15, 0.2) is 122 Å². The molecular weight excluding hydrogens is 661 g/mol. The molecule has 2 fully saturated rings. The summed E-state index contributed by atoms with van der Waals surface area (Å²) in [6, 6.07) is 31.1. The molecule has 0 heterocycles. The number of benzene rings is 4. The highest BCUT2D eigenvalue weighted by molar-refractivity contribution is 5.83. The molecule has 0 saturated heterocycles. The molecule has 2 saturated carbocycles. The zero-order valence-corrected chi connectivity index (χ0v) is 31.0. The molecule has 2 aliphatic rings. The summed E-state index contributed by atoms with van der Waals surface area (Å²) in [6.45, 7) is 9.19. The molecule has 0 aliphatic heterocycles. The third kappa shape index (κ3) is 9.87. The van der Waals surface area contributed by atoms with Gasteiger partial charge in [0, 0.05) is 17.6 Å². The number of hydrogen-bond acceptors (Lipinski definition) is 6. The van der Waals surface area contributed by atoms with Crippen LogP contribution in [0.3, 0.4) is 0 Å². The molecule has 0 aromatic heterocycles. The van der Waals surface area contributed by atoms with Gasteiger partial charge in [-0.1, -0.05) is 82.9 Å². The number of ether oxygens (including phenoxy) is 4. The zero-order chi connectivity index (χ0) is 37.0. The van der Waals surface area contributed by atoms with E-state index in [0.29, 0.717) is 23.0 Å². The molecule has 6 rings (SSSR count). The predicted molar refractivity (Wildman–Crippen MR) is 210 cm³/mol. The SMILES string of the molecule is C=CC(=O)Oc1ccc(Oc2ccc(C3(c4ccc(Oc5ccc(OC(=O)C=C)cc5)cc4)CCC(C4CCC(CCCCC)CC4)CC3)cc2)cc1. The largest absolute Gasteiger partial charge is 0.457 e. The summed E-state index contributed by atoms with van der Waals surface area (Å²) in [5, 5.41) is 0. The van der Waals surface area contributed by atoms with E-state index < -0.39 is 11.9 Å². The Labute approximate surface area is 314 Å². The standard InChI is InChI=1S/C47H52O6/c1-4-7-8-9-34-10-12-35(13-11-34)36-30-32-47(33-31-36,37-14-18-39(19-15-37)50-41-22-26-43(27-23-41)52-45(48)5-2)38-16-20-40(21-17-38)51-42-24-28-44(29-25-42)53-46(49)6-3/h5-6,14-29,34-36H,2-4,7-13,30-33H2,1H3. The minimum atomic E-state index is -0.496. The van der Waals surface area contributed by atoms with Crippen LogP contribution in [-0.2, 0) is 15.0 Å². The number of carbonyl (C=O) groups excluding carboxylic acids is 2. The van der Waals surface area contributed by atoms with Crippen molar-refractivity contribution in [2.24, 2.45) is 17.8 Å². The van der Waals surface area contributed by atoms with Crippen LogP contribution in [-0.4, -0.2) is 11.9 Å². The first kappa shape index (κ1) is 37.7. The van der Waals surface area contributed by atoms with Gasteiger partial charge in [-0.3, -0.25) is 0 Å². The van der Waals surface area contributed by atoms with Crippen molar-refractivity contribution in [1.82, 2.24) is 0 Å². The molecule has 0 amide bonds. The molecule has 0 atom stereocenters. The first-order valence-electron chi connectivity index (χ1n) is 19.3. The Balaban J connectivity index is 1.16. The summed E-state index contributed by atoms with van der Waals surface area (Å²) < 4.78 is 22.7. The lowest BCUT2D eigenvalue weighted by molar-refractivity contribution is -0.129. The van der Waals surface area contributed by atoms with Crippen LogP contribution in [0.4, 0.5) is 0 Å². The molecule has 6 nitrogen and oxygen atoms in total. The fourth-order valence-corrected chi connectivity index (χ4v) is 8.40. The van der Waals surface area contributed by atoms with E-state index in [-0.39, 0.29) is 5.41 Å². The highest BCUT2D eigenvalue weighted by atomic mass is 16.5. The normalized spacial score (nSPS) is 18.4. The van der Waals surface area contributed by atoms with E-state index in [2.05, 4.69) is 68.6 Å². The Morgan fingerprint density at radius 3 is 1.34 bits per heavy atom. The second kappa shape index (κ2) is 18.1. The molecule has 0 bridgehead atoms. The van der Waals surface area contributed by atoms with Crippen molar-refractivity contribution < 1.29 is 28.5 Å². The van der Waals surface area contributed by atoms with Gasteiger partial charge in [-0.05, 0) is 140 Å². The maximum atomic E-state index is 11.5. The number of hydrogen-bond donors (Lipinski definition) is 0. The van der Waals surface area contributed by atoms with Gasteiger partial charge in [0.15, 0.2) is 0 Å². The van der Waals surface area contributed by atoms with Crippen molar-refractivity contribution in [3.63, 3.8) is 0 Å². The highest BCUT2D eigenvalue weighted by Gasteiger charge is 2.41. The highest BCUT2D eigenvalue weighted by Crippen LogP contribution is 2.51. The van der Waals surface area contributed by atoms with Gasteiger partial charge in [0.2, 0.25) is 0 Å². The fourth-order valence-electron chi connectivity index (χ4n) is 8.40. The minimum absolute atomic E-state index is 0.113. The fraction of sp³-hybridized carbons (Fsp3) is 0.362. The van der Waals surface area contributed by atoms with Crippen LogP contribution in [0.5, 0.6) is 34.5 Å². The quantitative estimate of drug-likeness (QED) is 0.0529. The Bertz CT molecular complexity index is 1680. The molecule has 0 spiro atoms. The van der Waals surface area contributed by atoms with E-state index in [1.165, 1.54) is 75.3 Å². The van der Waals surface area contributed by atoms with Gasteiger partial charge in [-0.25, -0.2) is 9.59 Å². The van der Waals surface area contributed by atoms with E-state index in [1.54, 1.807) is 48.5 Å². The smallest absolute Gasteiger partial charge is 0.335 e. The summed E-state index contributed by atoms with van der Waals surface area (Å²) >= 11 is 0. The van der Waals surface area contributed by atoms with Crippen molar-refractivity contribution in [2.75, 3.05) is 0 Å². The third-order valence-corrected chi connectivity index (χ3v) is 11.4. The van der Waals surface area contributed by atoms with E-state index in [4.69, 9.17) is 18.9 Å². The number of unbranched alkanes of at least 4 members (excludes halogenated alkanes) is 2. The van der Waals surface area contributed by atoms with Gasteiger partial charge < -0.3 is 18.9 Å². The molecule has 53 heavy (non-hydrogen) atoms. The van der Waals surface area contributed by atoms with Gasteiger partial charge in [-0.15, -0.1) is 0 Å². The van der Waals surface area contributed by atoms with Gasteiger partial charge in [-0.2, -0.15) is 0 Å². The van der Waals surface area contributed by atoms with E-state index in [0.717, 1.165) is 54.2 Å². The molecular formula is C47H52O6. The number of carbonyl (C=O) groups is 2. The van der Waals surface area contributed by atoms with Crippen molar-refractivity contribution in [3.8, 4) is 34.5 Å². The Morgan fingerprint density at radius 1 is 0.566 bits per heavy atom. The molecule has 276 valence electrons. The molecule has 0 N–H and O–H groups in total. The maximum Gasteiger partial charge on any atom is 0.335 e. The lowest BCUT2D eigenvalue weighted by Crippen LogP contribution is -2.35. The van der Waals surface area contributed by atoms with Crippen molar-refractivity contribution in [1.29, 1.82) is 0 Å². The lowest BCUT2D eigenvalue weighted by atomic mass is 9.60. The first-order chi connectivity index (χ1) is 25.9. The molecule has 2 aliphatic carbocycles. The predicted octanol–water partition coefficient (Wildman–Crippen LogP) is 12.3. The average Bonchev–Trinajstić information content (AvgIpc) is 3.20. The summed E-state index contributed by atoms with van der Waals surface area (Å²) in [5.41, 5.74) is 2.49. The Hall–Kier alpha value is -5.10. The van der Waals surface area contributed by atoms with Gasteiger partial charge in [0.25, 0.3) is 0 Å². The summed E-state index contributed by atoms with van der Waals surface area (Å²) in [4.78, 5) is 23.1. The summed E-state index contributed by atoms with van der Waals surface area (Å²) in [7, 11) is 0. The Morgan fingerprint density at radius 2 is 0.943 bits per heavy atom. The topological polar surface area (TPSA) is 71.1 Å². The van der Waals surface area contributed by atoms with Crippen LogP contribution in [0.2, 0.25) is 0 Å². The summed E-state index contributed by atoms with van der Waals surface area (Å²) in [5.74, 6) is 5.27. The molecule has 6 heteroatoms. The van der Waals surface area contributed by atoms with Crippen molar-refractivity contribution in [2.45, 2.75) is 89.4 Å². The van der Waals surface area contributed by atoms with E-state index in [1.807, 2.05) is 0 Å². The van der Waals surface area contributed by atoms with Crippen LogP contribution in [0.25, 0.3) is 0 Å². The second-order valence-corrected chi connectivity index (χ2v) is 14.6. The van der Waals surface area contributed by atoms with Crippen LogP contribution in [0, 0.1) is 17.8 Å². The van der Waals surface area contributed by atoms with Gasteiger partial charge in [0.05, 0.1) is 0 Å². The first-order valence-corrected chi connectivity index (χ1v) is 19.3. The monoisotopic (exact) mass is 712 g/mol. The summed E-state index contributed by atoms with van der Waals surface area (Å²) in [6.07, 6.45) is 18.0. The molecule has 0 unspecified atom stereocenters.